The molecule has 1 rings (SSSR count). The van der Waals surface area contributed by atoms with E-state index in [1.54, 1.807) is 30.3 Å². The molecular weight excluding hydrogens is 506 g/mol. The van der Waals surface area contributed by atoms with Gasteiger partial charge in [-0.05, 0) is 24.8 Å². The van der Waals surface area contributed by atoms with Crippen LogP contribution < -0.4 is 27.4 Å². The Balaban J connectivity index is 3.00. The molecule has 15 heteroatoms. The molecule has 0 aromatic heterocycles. The van der Waals surface area contributed by atoms with E-state index in [4.69, 9.17) is 21.7 Å². The number of benzene rings is 1. The average molecular weight is 538 g/mol. The van der Waals surface area contributed by atoms with Crippen molar-refractivity contribution in [3.63, 3.8) is 0 Å². The van der Waals surface area contributed by atoms with Gasteiger partial charge in [0.1, 0.15) is 18.1 Å². The summed E-state index contributed by atoms with van der Waals surface area (Å²) in [4.78, 5) is 82.9. The van der Waals surface area contributed by atoms with E-state index < -0.39 is 97.8 Å². The van der Waals surface area contributed by atoms with Crippen LogP contribution in [0.4, 0.5) is 0 Å². The number of hydrogen-bond acceptors (Lipinski definition) is 8. The van der Waals surface area contributed by atoms with Gasteiger partial charge in [0.2, 0.25) is 23.6 Å². The Bertz CT molecular complexity index is 1030. The molecule has 1 aromatic rings. The Morgan fingerprint density at radius 1 is 0.711 bits per heavy atom. The number of carbonyl (C=O) groups is 7. The van der Waals surface area contributed by atoms with Crippen molar-refractivity contribution in [3.05, 3.63) is 35.9 Å². The molecule has 0 bridgehead atoms. The number of hydrogen-bond donors (Lipinski definition) is 8. The number of amides is 4. The van der Waals surface area contributed by atoms with E-state index in [1.165, 1.54) is 0 Å². The molecular formula is C23H31N5O10. The van der Waals surface area contributed by atoms with E-state index in [0.29, 0.717) is 0 Å². The molecule has 0 spiro atoms. The number of aliphatic carboxylic acids is 3. The fraction of sp³-hybridized carbons (Fsp3) is 0.435. The zero-order valence-corrected chi connectivity index (χ0v) is 20.3. The molecule has 0 heterocycles. The highest BCUT2D eigenvalue weighted by atomic mass is 16.4. The number of nitrogens with one attached hydrogen (secondary N) is 3. The number of carboxylic acid groups (broad SMARTS) is 3. The maximum absolute atomic E-state index is 12.9. The molecule has 10 N–H and O–H groups in total. The first kappa shape index (κ1) is 31.5. The lowest BCUT2D eigenvalue weighted by molar-refractivity contribution is -0.143. The van der Waals surface area contributed by atoms with Crippen molar-refractivity contribution in [3.8, 4) is 0 Å². The molecule has 0 saturated heterocycles. The summed E-state index contributed by atoms with van der Waals surface area (Å²) < 4.78 is 0. The summed E-state index contributed by atoms with van der Waals surface area (Å²) in [6.07, 6.45) is -2.67. The van der Waals surface area contributed by atoms with Crippen LogP contribution in [0.5, 0.6) is 0 Å². The molecule has 4 amide bonds. The first-order valence-electron chi connectivity index (χ1n) is 11.5. The van der Waals surface area contributed by atoms with Crippen molar-refractivity contribution < 1.29 is 48.9 Å². The Kier molecular flexibility index (Phi) is 12.9. The molecule has 38 heavy (non-hydrogen) atoms. The van der Waals surface area contributed by atoms with Gasteiger partial charge >= 0.3 is 17.9 Å². The van der Waals surface area contributed by atoms with Crippen LogP contribution in [0.25, 0.3) is 0 Å². The maximum Gasteiger partial charge on any atom is 0.326 e. The van der Waals surface area contributed by atoms with Crippen molar-refractivity contribution in [2.45, 2.75) is 62.7 Å². The molecule has 0 saturated carbocycles. The van der Waals surface area contributed by atoms with Crippen molar-refractivity contribution in [2.75, 3.05) is 0 Å². The predicted molar refractivity (Wildman–Crippen MR) is 129 cm³/mol. The van der Waals surface area contributed by atoms with Crippen molar-refractivity contribution in [1.82, 2.24) is 16.0 Å². The fourth-order valence-electron chi connectivity index (χ4n) is 3.26. The van der Waals surface area contributed by atoms with Crippen LogP contribution in [-0.4, -0.2) is 81.0 Å². The molecule has 0 aliphatic rings. The summed E-state index contributed by atoms with van der Waals surface area (Å²) in [7, 11) is 0. The molecule has 4 unspecified atom stereocenters. The highest BCUT2D eigenvalue weighted by Gasteiger charge is 2.31. The SMILES string of the molecule is NC(=O)CC(NC(=O)C(CCC(=O)O)NC(=O)C(N)Cc1ccccc1)C(=O)NC(CCC(=O)O)C(=O)O. The van der Waals surface area contributed by atoms with E-state index in [1.807, 2.05) is 5.32 Å². The highest BCUT2D eigenvalue weighted by Crippen LogP contribution is 2.06. The van der Waals surface area contributed by atoms with Gasteiger partial charge in [-0.3, -0.25) is 28.8 Å². The Morgan fingerprint density at radius 2 is 1.18 bits per heavy atom. The molecule has 0 fully saturated rings. The first-order valence-corrected chi connectivity index (χ1v) is 11.5. The molecule has 1 aromatic carbocycles. The summed E-state index contributed by atoms with van der Waals surface area (Å²) in [5.41, 5.74) is 11.8. The smallest absolute Gasteiger partial charge is 0.326 e. The van der Waals surface area contributed by atoms with Crippen LogP contribution in [0.3, 0.4) is 0 Å². The van der Waals surface area contributed by atoms with Crippen LogP contribution in [0.2, 0.25) is 0 Å². The summed E-state index contributed by atoms with van der Waals surface area (Å²) in [5.74, 6) is -8.17. The quantitative estimate of drug-likeness (QED) is 0.105. The summed E-state index contributed by atoms with van der Waals surface area (Å²) in [5, 5.41) is 33.6. The van der Waals surface area contributed by atoms with Crippen LogP contribution in [-0.2, 0) is 40.0 Å². The Labute approximate surface area is 216 Å². The van der Waals surface area contributed by atoms with Gasteiger partial charge in [-0.1, -0.05) is 30.3 Å². The van der Waals surface area contributed by atoms with Gasteiger partial charge in [0.05, 0.1) is 12.5 Å². The second-order valence-electron chi connectivity index (χ2n) is 8.35. The van der Waals surface area contributed by atoms with Gasteiger partial charge in [0, 0.05) is 12.8 Å². The lowest BCUT2D eigenvalue weighted by atomic mass is 10.0. The van der Waals surface area contributed by atoms with E-state index in [9.17, 15) is 38.7 Å². The summed E-state index contributed by atoms with van der Waals surface area (Å²) in [6.45, 7) is 0. The number of primary amides is 1. The van der Waals surface area contributed by atoms with Gasteiger partial charge in [-0.2, -0.15) is 0 Å². The van der Waals surface area contributed by atoms with E-state index in [-0.39, 0.29) is 6.42 Å². The van der Waals surface area contributed by atoms with Crippen LogP contribution in [0, 0.1) is 0 Å². The second-order valence-corrected chi connectivity index (χ2v) is 8.35. The molecule has 15 nitrogen and oxygen atoms in total. The third kappa shape index (κ3) is 11.9. The van der Waals surface area contributed by atoms with Crippen molar-refractivity contribution in [2.24, 2.45) is 11.5 Å². The van der Waals surface area contributed by atoms with Gasteiger partial charge < -0.3 is 42.7 Å². The normalized spacial score (nSPS) is 13.7. The Morgan fingerprint density at radius 3 is 1.68 bits per heavy atom. The van der Waals surface area contributed by atoms with Gasteiger partial charge in [0.15, 0.2) is 0 Å². The topological polar surface area (TPSA) is 268 Å². The number of carboxylic acids is 3. The van der Waals surface area contributed by atoms with Gasteiger partial charge in [-0.25, -0.2) is 4.79 Å². The summed E-state index contributed by atoms with van der Waals surface area (Å²) in [6, 6.07) is 2.78. The Hall–Kier alpha value is -4.53. The average Bonchev–Trinajstić information content (AvgIpc) is 2.83. The third-order valence-corrected chi connectivity index (χ3v) is 5.21. The summed E-state index contributed by atoms with van der Waals surface area (Å²) >= 11 is 0. The molecule has 0 aliphatic carbocycles. The molecule has 4 atom stereocenters. The minimum Gasteiger partial charge on any atom is -0.481 e. The van der Waals surface area contributed by atoms with Crippen molar-refractivity contribution >= 4 is 41.5 Å². The minimum absolute atomic E-state index is 0.111. The van der Waals surface area contributed by atoms with E-state index in [0.717, 1.165) is 5.56 Å². The van der Waals surface area contributed by atoms with E-state index in [2.05, 4.69) is 10.6 Å². The predicted octanol–water partition coefficient (Wildman–Crippen LogP) is -2.30. The number of rotatable bonds is 17. The largest absolute Gasteiger partial charge is 0.481 e. The first-order chi connectivity index (χ1) is 17.8. The fourth-order valence-corrected chi connectivity index (χ4v) is 3.26. The van der Waals surface area contributed by atoms with E-state index >= 15 is 0 Å². The lowest BCUT2D eigenvalue weighted by Gasteiger charge is -2.24. The molecule has 0 aliphatic heterocycles. The monoisotopic (exact) mass is 537 g/mol. The van der Waals surface area contributed by atoms with Gasteiger partial charge in [-0.15, -0.1) is 0 Å². The third-order valence-electron chi connectivity index (χ3n) is 5.21. The standard InChI is InChI=1S/C23H31N5O10/c24-13(10-12-4-2-1-3-5-12)20(34)26-14(6-8-18(30)31)21(35)28-16(11-17(25)29)22(36)27-15(23(37)38)7-9-19(32)33/h1-5,13-16H,6-11,24H2,(H2,25,29)(H,26,34)(H,27,36)(H,28,35)(H,30,31)(H,32,33)(H,37,38). The zero-order valence-electron chi connectivity index (χ0n) is 20.3. The number of carbonyl (C=O) groups excluding carboxylic acids is 4. The molecule has 208 valence electrons. The number of nitrogens with two attached hydrogens (primary N) is 2. The maximum atomic E-state index is 12.9. The van der Waals surface area contributed by atoms with Gasteiger partial charge in [0.25, 0.3) is 0 Å². The second kappa shape index (κ2) is 15.6. The minimum atomic E-state index is -1.70. The highest BCUT2D eigenvalue weighted by molar-refractivity contribution is 5.96. The zero-order chi connectivity index (χ0) is 28.8. The van der Waals surface area contributed by atoms with Crippen molar-refractivity contribution in [1.29, 1.82) is 0 Å². The lowest BCUT2D eigenvalue weighted by Crippen LogP contribution is -2.58. The van der Waals surface area contributed by atoms with Crippen LogP contribution in [0.1, 0.15) is 37.7 Å². The molecule has 0 radical (unpaired) electrons. The van der Waals surface area contributed by atoms with Crippen LogP contribution in [0.15, 0.2) is 30.3 Å². The van der Waals surface area contributed by atoms with Crippen LogP contribution >= 0.6 is 0 Å².